The summed E-state index contributed by atoms with van der Waals surface area (Å²) in [4.78, 5) is 43.7. The molecule has 1 aromatic carbocycles. The Morgan fingerprint density at radius 3 is 2.55 bits per heavy atom. The van der Waals surface area contributed by atoms with Gasteiger partial charge in [0.15, 0.2) is 11.5 Å². The Morgan fingerprint density at radius 2 is 1.89 bits per heavy atom. The monoisotopic (exact) mass is 594 g/mol. The number of hydrogen-bond acceptors (Lipinski definition) is 6. The number of aryl methyl sites for hydroxylation is 1. The van der Waals surface area contributed by atoms with Crippen LogP contribution in [0.15, 0.2) is 59.3 Å². The van der Waals surface area contributed by atoms with E-state index >= 15 is 8.78 Å². The summed E-state index contributed by atoms with van der Waals surface area (Å²) in [5.41, 5.74) is 1.69. The normalized spacial score (nSPS) is 15.1. The first-order valence-corrected chi connectivity index (χ1v) is 14.6. The van der Waals surface area contributed by atoms with Crippen LogP contribution in [0.25, 0.3) is 34.1 Å². The highest BCUT2D eigenvalue weighted by Crippen LogP contribution is 2.35. The standard InChI is InChI=1S/C32H34B2F2N6O2/c1-6-25(43)40-12-13-41(19(5)16-40)30-21-15-23(36)28(26-20(14-24(33)34)8-7-9-22(26)35)38-31(21)42(32(44)39-30)29-18(4)10-11-37-27(29)17(2)3/h6-11,14-15,17,19H,1,12-13,16,33-34H2,2-5H3/t19-/m0/s1. The van der Waals surface area contributed by atoms with E-state index in [0.29, 0.717) is 42.0 Å². The second-order valence-corrected chi connectivity index (χ2v) is 11.7. The van der Waals surface area contributed by atoms with Crippen molar-refractivity contribution in [2.75, 3.05) is 24.5 Å². The Hall–Kier alpha value is -4.60. The molecule has 224 valence electrons. The van der Waals surface area contributed by atoms with E-state index in [1.165, 1.54) is 22.8 Å². The molecule has 0 aliphatic carbocycles. The number of fused-ring (bicyclic) bond motifs is 1. The molecule has 3 aromatic heterocycles. The molecule has 1 amide bonds. The quantitative estimate of drug-likeness (QED) is 0.252. The molecule has 1 atom stereocenters. The second-order valence-electron chi connectivity index (χ2n) is 11.7. The third-order valence-electron chi connectivity index (χ3n) is 7.84. The van der Waals surface area contributed by atoms with Gasteiger partial charge in [-0.2, -0.15) is 4.98 Å². The highest BCUT2D eigenvalue weighted by Gasteiger charge is 2.31. The zero-order valence-electron chi connectivity index (χ0n) is 25.9. The summed E-state index contributed by atoms with van der Waals surface area (Å²) >= 11 is 0. The summed E-state index contributed by atoms with van der Waals surface area (Å²) < 4.78 is 33.1. The first kappa shape index (κ1) is 30.8. The zero-order valence-corrected chi connectivity index (χ0v) is 25.9. The van der Waals surface area contributed by atoms with Crippen LogP contribution in [0, 0.1) is 18.6 Å². The van der Waals surface area contributed by atoms with Crippen LogP contribution in [0.1, 0.15) is 43.5 Å². The number of carbonyl (C=O) groups is 1. The third kappa shape index (κ3) is 5.56. The maximum atomic E-state index is 16.2. The summed E-state index contributed by atoms with van der Waals surface area (Å²) in [6.07, 6.45) is 4.72. The van der Waals surface area contributed by atoms with E-state index in [-0.39, 0.29) is 40.6 Å². The van der Waals surface area contributed by atoms with Crippen LogP contribution < -0.4 is 10.6 Å². The minimum absolute atomic E-state index is 0.00220. The van der Waals surface area contributed by atoms with Crippen LogP contribution in [0.5, 0.6) is 0 Å². The number of piperazine rings is 1. The lowest BCUT2D eigenvalue weighted by Gasteiger charge is -2.40. The Balaban J connectivity index is 1.86. The summed E-state index contributed by atoms with van der Waals surface area (Å²) in [7, 11) is 3.74. The number of aromatic nitrogens is 4. The molecule has 8 nitrogen and oxygen atoms in total. The summed E-state index contributed by atoms with van der Waals surface area (Å²) in [6, 6.07) is 7.36. The van der Waals surface area contributed by atoms with E-state index in [9.17, 15) is 9.59 Å². The number of halogens is 2. The number of benzene rings is 1. The SMILES string of the molecule is BC(B)=Cc1cccc(F)c1-c1nc2c(cc1F)c(N1CCN(C(=O)C=C)C[C@@H]1C)nc(=O)n2-c1c(C)ccnc1C(C)C. The van der Waals surface area contributed by atoms with Crippen LogP contribution in [0.2, 0.25) is 0 Å². The predicted octanol–water partition coefficient (Wildman–Crippen LogP) is 3.34. The molecule has 0 N–H and O–H groups in total. The van der Waals surface area contributed by atoms with Gasteiger partial charge in [-0.05, 0) is 55.2 Å². The Labute approximate surface area is 257 Å². The molecular formula is C32H34B2F2N6O2. The molecule has 1 aliphatic rings. The van der Waals surface area contributed by atoms with E-state index in [2.05, 4.69) is 16.5 Å². The Morgan fingerprint density at radius 1 is 1.14 bits per heavy atom. The lowest BCUT2D eigenvalue weighted by Crippen LogP contribution is -2.54. The molecule has 44 heavy (non-hydrogen) atoms. The third-order valence-corrected chi connectivity index (χ3v) is 7.84. The smallest absolute Gasteiger partial charge is 0.350 e. The lowest BCUT2D eigenvalue weighted by atomic mass is 9.77. The van der Waals surface area contributed by atoms with E-state index in [0.717, 1.165) is 10.9 Å². The fourth-order valence-electron chi connectivity index (χ4n) is 5.81. The van der Waals surface area contributed by atoms with Gasteiger partial charge in [-0.25, -0.2) is 23.1 Å². The van der Waals surface area contributed by atoms with E-state index < -0.39 is 17.3 Å². The van der Waals surface area contributed by atoms with Crippen molar-refractivity contribution in [2.24, 2.45) is 0 Å². The van der Waals surface area contributed by atoms with Crippen molar-refractivity contribution in [1.82, 2.24) is 24.4 Å². The fraction of sp³-hybridized carbons (Fsp3) is 0.281. The molecule has 4 heterocycles. The van der Waals surface area contributed by atoms with Gasteiger partial charge in [-0.15, -0.1) is 5.37 Å². The molecule has 1 saturated heterocycles. The van der Waals surface area contributed by atoms with Gasteiger partial charge < -0.3 is 9.80 Å². The molecule has 0 spiro atoms. The van der Waals surface area contributed by atoms with Crippen molar-refractivity contribution in [3.8, 4) is 16.9 Å². The van der Waals surface area contributed by atoms with Gasteiger partial charge in [0.05, 0.1) is 16.8 Å². The van der Waals surface area contributed by atoms with Gasteiger partial charge in [-0.1, -0.05) is 38.6 Å². The lowest BCUT2D eigenvalue weighted by molar-refractivity contribution is -0.126. The van der Waals surface area contributed by atoms with E-state index in [1.807, 2.05) is 48.3 Å². The maximum Gasteiger partial charge on any atom is 0.355 e. The number of amides is 1. The fourth-order valence-corrected chi connectivity index (χ4v) is 5.81. The van der Waals surface area contributed by atoms with Gasteiger partial charge in [0, 0.05) is 37.4 Å². The number of hydrogen-bond donors (Lipinski definition) is 0. The van der Waals surface area contributed by atoms with Gasteiger partial charge in [-0.3, -0.25) is 9.78 Å². The Bertz CT molecular complexity index is 1890. The van der Waals surface area contributed by atoms with Gasteiger partial charge in [0.2, 0.25) is 5.91 Å². The van der Waals surface area contributed by atoms with Crippen LogP contribution in [-0.4, -0.2) is 71.7 Å². The first-order chi connectivity index (χ1) is 20.9. The maximum absolute atomic E-state index is 16.2. The van der Waals surface area contributed by atoms with Crippen molar-refractivity contribution in [1.29, 1.82) is 0 Å². The molecule has 0 unspecified atom stereocenters. The zero-order chi connectivity index (χ0) is 31.9. The number of anilines is 1. The average Bonchev–Trinajstić information content (AvgIpc) is 2.97. The van der Waals surface area contributed by atoms with Gasteiger partial charge >= 0.3 is 5.69 Å². The van der Waals surface area contributed by atoms with Crippen molar-refractivity contribution < 1.29 is 13.6 Å². The van der Waals surface area contributed by atoms with Crippen molar-refractivity contribution in [2.45, 2.75) is 39.7 Å². The molecular weight excluding hydrogens is 560 g/mol. The van der Waals surface area contributed by atoms with Crippen molar-refractivity contribution >= 4 is 44.5 Å². The molecule has 12 heteroatoms. The number of rotatable bonds is 6. The van der Waals surface area contributed by atoms with E-state index in [1.54, 1.807) is 35.4 Å². The van der Waals surface area contributed by atoms with Gasteiger partial charge in [0.1, 0.15) is 33.0 Å². The topological polar surface area (TPSA) is 84.2 Å². The molecule has 5 rings (SSSR count). The molecule has 0 radical (unpaired) electrons. The summed E-state index contributed by atoms with van der Waals surface area (Å²) in [5, 5.41) is 1.19. The molecule has 1 aliphatic heterocycles. The molecule has 0 saturated carbocycles. The minimum Gasteiger partial charge on any atom is -0.350 e. The van der Waals surface area contributed by atoms with Crippen molar-refractivity contribution in [3.05, 3.63) is 93.5 Å². The predicted molar refractivity (Wildman–Crippen MR) is 176 cm³/mol. The summed E-state index contributed by atoms with van der Waals surface area (Å²) in [6.45, 7) is 12.4. The van der Waals surface area contributed by atoms with Crippen LogP contribution in [0.3, 0.4) is 0 Å². The highest BCUT2D eigenvalue weighted by molar-refractivity contribution is 6.50. The van der Waals surface area contributed by atoms with Crippen LogP contribution in [0.4, 0.5) is 14.6 Å². The largest absolute Gasteiger partial charge is 0.355 e. The van der Waals surface area contributed by atoms with Crippen molar-refractivity contribution in [3.63, 3.8) is 0 Å². The number of nitrogens with zero attached hydrogens (tertiary/aromatic N) is 6. The summed E-state index contributed by atoms with van der Waals surface area (Å²) in [5.74, 6) is -1.38. The second kappa shape index (κ2) is 12.2. The van der Waals surface area contributed by atoms with Crippen LogP contribution in [-0.2, 0) is 4.79 Å². The van der Waals surface area contributed by atoms with Gasteiger partial charge in [0.25, 0.3) is 0 Å². The molecule has 1 fully saturated rings. The minimum atomic E-state index is -0.751. The number of carbonyl (C=O) groups excluding carboxylic acids is 1. The number of pyridine rings is 2. The average molecular weight is 594 g/mol. The van der Waals surface area contributed by atoms with Crippen LogP contribution >= 0.6 is 0 Å². The highest BCUT2D eigenvalue weighted by atomic mass is 19.1. The Kier molecular flexibility index (Phi) is 8.54. The van der Waals surface area contributed by atoms with E-state index in [4.69, 9.17) is 4.98 Å². The first-order valence-electron chi connectivity index (χ1n) is 14.6. The molecule has 0 bridgehead atoms. The molecule has 4 aromatic rings.